The van der Waals surface area contributed by atoms with E-state index in [1.54, 1.807) is 109 Å². The summed E-state index contributed by atoms with van der Waals surface area (Å²) < 4.78 is 61.9. The Morgan fingerprint density at radius 1 is 0.543 bits per heavy atom. The molecule has 0 spiro atoms. The highest BCUT2D eigenvalue weighted by Gasteiger charge is 2.93. The van der Waals surface area contributed by atoms with Gasteiger partial charge in [0.25, 0.3) is 0 Å². The molecule has 0 aromatic carbocycles. The lowest BCUT2D eigenvalue weighted by Gasteiger charge is -2.67. The number of hydrogen-bond donors (Lipinski definition) is 4. The fourth-order valence-corrected chi connectivity index (χ4v) is 20.6. The number of carbonyl (C=O) groups is 8. The van der Waals surface area contributed by atoms with E-state index in [-0.39, 0.29) is 73.7 Å². The van der Waals surface area contributed by atoms with Crippen LogP contribution < -0.4 is 0 Å². The van der Waals surface area contributed by atoms with E-state index < -0.39 is 197 Å². The lowest BCUT2D eigenvalue weighted by Crippen LogP contribution is -2.76. The summed E-state index contributed by atoms with van der Waals surface area (Å²) in [6, 6.07) is 3.20. The zero-order chi connectivity index (χ0) is 67.3. The number of rotatable bonds is 15. The highest BCUT2D eigenvalue weighted by atomic mass is 16.6. The van der Waals surface area contributed by atoms with Gasteiger partial charge >= 0.3 is 47.8 Å². The Morgan fingerprint density at radius 3 is 1.17 bits per heavy atom. The molecule has 0 radical (unpaired) electrons. The largest absolute Gasteiger partial charge is 0.509 e. The van der Waals surface area contributed by atoms with Gasteiger partial charge in [-0.2, -0.15) is 0 Å². The SMILES string of the molecule is COC(=O)C[C@H]1[C@]2(C)C[C@@]3(OC(=O)C(C)C)[C@]1(C)[C@H]1CC[C@]4(C)C(=C(C5=C6C7=C(O)[C@]8(O)[C@H](OC(=O)C(C)C)[C@@]9(C)C[C@@]8(OC(=O)C(C)C)[C@](C)([C@H]7CC[C@@]6(C)[C@H](c6ccoc6)OC5=O)[C@H]9CC(=O)OC)C(=O)O[C@H]4c4ccoc4)C1=C(O)[C@]3(O)[C@@H]2OC(=O)C(C)C. The molecule has 22 heteroatoms. The van der Waals surface area contributed by atoms with Gasteiger partial charge in [0.2, 0.25) is 0 Å². The van der Waals surface area contributed by atoms with Crippen LogP contribution in [0.15, 0.2) is 91.0 Å². The third-order valence-corrected chi connectivity index (χ3v) is 24.7. The smallest absolute Gasteiger partial charge is 0.339 e. The van der Waals surface area contributed by atoms with Crippen molar-refractivity contribution in [2.45, 2.75) is 195 Å². The first-order chi connectivity index (χ1) is 42.9. The second kappa shape index (κ2) is 20.6. The third-order valence-electron chi connectivity index (χ3n) is 24.7. The van der Waals surface area contributed by atoms with Crippen molar-refractivity contribution < 1.29 is 106 Å². The quantitative estimate of drug-likeness (QED) is 0.0952. The fraction of sp³-hybridized carbons (Fsp3) is 0.657. The number of allylic oxidation sites excluding steroid dienone is 2. The molecule has 12 rings (SSSR count). The predicted molar refractivity (Wildman–Crippen MR) is 319 cm³/mol. The molecular formula is C70H86O22. The van der Waals surface area contributed by atoms with Crippen LogP contribution in [0.2, 0.25) is 0 Å². The van der Waals surface area contributed by atoms with Crippen LogP contribution in [0.5, 0.6) is 0 Å². The molecular weight excluding hydrogens is 1190 g/mol. The topological polar surface area (TPSA) is 318 Å². The summed E-state index contributed by atoms with van der Waals surface area (Å²) in [7, 11) is 2.44. The van der Waals surface area contributed by atoms with E-state index in [1.165, 1.54) is 39.3 Å². The van der Waals surface area contributed by atoms with Crippen molar-refractivity contribution in [1.29, 1.82) is 0 Å². The molecule has 2 aromatic heterocycles. The van der Waals surface area contributed by atoms with Crippen LogP contribution in [0.25, 0.3) is 0 Å². The summed E-state index contributed by atoms with van der Waals surface area (Å²) in [6.45, 7) is 23.2. The van der Waals surface area contributed by atoms with Crippen molar-refractivity contribution in [2.75, 3.05) is 14.2 Å². The number of aliphatic hydroxyl groups is 4. The first-order valence-electron chi connectivity index (χ1n) is 32.2. The summed E-state index contributed by atoms with van der Waals surface area (Å²) in [5.41, 5.74) is -20.0. The zero-order valence-corrected chi connectivity index (χ0v) is 55.2. The van der Waals surface area contributed by atoms with E-state index >= 15 is 9.59 Å². The van der Waals surface area contributed by atoms with E-state index in [1.807, 2.05) is 0 Å². The Bertz CT molecular complexity index is 3440. The summed E-state index contributed by atoms with van der Waals surface area (Å²) in [4.78, 5) is 119. The minimum absolute atomic E-state index is 0.0468. The first kappa shape index (κ1) is 64.9. The number of furan rings is 2. The number of methoxy groups -OCH3 is 2. The molecule has 22 nitrogen and oxygen atoms in total. The van der Waals surface area contributed by atoms with Crippen LogP contribution in [-0.2, 0) is 76.3 Å². The zero-order valence-electron chi connectivity index (χ0n) is 55.2. The minimum Gasteiger partial charge on any atom is -0.509 e. The Kier molecular flexibility index (Phi) is 14.6. The molecule has 4 N–H and O–H groups in total. The van der Waals surface area contributed by atoms with E-state index in [4.69, 9.17) is 46.7 Å². The summed E-state index contributed by atoms with van der Waals surface area (Å²) in [5, 5.41) is 57.1. The molecule has 2 aromatic rings. The second-order valence-corrected chi connectivity index (χ2v) is 30.6. The molecule has 0 amide bonds. The van der Waals surface area contributed by atoms with Crippen LogP contribution in [0.1, 0.15) is 172 Å². The summed E-state index contributed by atoms with van der Waals surface area (Å²) in [5.74, 6) is -15.9. The molecule has 4 bridgehead atoms. The summed E-state index contributed by atoms with van der Waals surface area (Å²) >= 11 is 0. The number of hydrogen-bond acceptors (Lipinski definition) is 22. The average molecular weight is 1280 g/mol. The molecule has 18 atom stereocenters. The maximum absolute atomic E-state index is 16.5. The molecule has 6 saturated carbocycles. The van der Waals surface area contributed by atoms with Gasteiger partial charge in [-0.15, -0.1) is 0 Å². The average Bonchev–Trinajstić information content (AvgIpc) is 1.42. The van der Waals surface area contributed by atoms with Crippen molar-refractivity contribution in [3.05, 3.63) is 93.3 Å². The van der Waals surface area contributed by atoms with Crippen LogP contribution in [0, 0.1) is 79.8 Å². The molecule has 0 saturated heterocycles. The van der Waals surface area contributed by atoms with Crippen LogP contribution in [-0.4, -0.2) is 117 Å². The molecule has 6 fully saturated rings. The van der Waals surface area contributed by atoms with Crippen molar-refractivity contribution in [1.82, 2.24) is 0 Å². The van der Waals surface area contributed by atoms with Crippen LogP contribution in [0.4, 0.5) is 0 Å². The number of esters is 8. The normalized spacial score (nSPS) is 41.1. The second-order valence-electron chi connectivity index (χ2n) is 30.6. The maximum atomic E-state index is 16.5. The van der Waals surface area contributed by atoms with Gasteiger partial charge in [0, 0.05) is 80.4 Å². The lowest BCUT2D eigenvalue weighted by atomic mass is 9.41. The number of aliphatic hydroxyl groups excluding tert-OH is 2. The molecule has 2 aliphatic heterocycles. The Morgan fingerprint density at radius 2 is 0.880 bits per heavy atom. The van der Waals surface area contributed by atoms with Gasteiger partial charge in [0.1, 0.15) is 35.9 Å². The molecule has 0 unspecified atom stereocenters. The lowest BCUT2D eigenvalue weighted by molar-refractivity contribution is -0.286. The van der Waals surface area contributed by atoms with Crippen LogP contribution >= 0.6 is 0 Å². The summed E-state index contributed by atoms with van der Waals surface area (Å²) in [6.07, 6.45) is -1.42. The van der Waals surface area contributed by atoms with Gasteiger partial charge in [-0.25, -0.2) is 9.59 Å². The van der Waals surface area contributed by atoms with Gasteiger partial charge < -0.3 is 67.2 Å². The Labute approximate surface area is 533 Å². The first-order valence-corrected chi connectivity index (χ1v) is 32.2. The molecule has 92 heavy (non-hydrogen) atoms. The number of cyclic esters (lactones) is 2. The van der Waals surface area contributed by atoms with Gasteiger partial charge in [-0.1, -0.05) is 96.9 Å². The van der Waals surface area contributed by atoms with Crippen molar-refractivity contribution >= 4 is 47.8 Å². The van der Waals surface area contributed by atoms with Crippen molar-refractivity contribution in [3.8, 4) is 0 Å². The fourth-order valence-electron chi connectivity index (χ4n) is 20.6. The van der Waals surface area contributed by atoms with E-state index in [9.17, 15) is 49.2 Å². The van der Waals surface area contributed by atoms with Crippen molar-refractivity contribution in [3.63, 3.8) is 0 Å². The maximum Gasteiger partial charge on any atom is 0.339 e. The predicted octanol–water partition coefficient (Wildman–Crippen LogP) is 9.54. The molecule has 10 aliphatic rings. The van der Waals surface area contributed by atoms with E-state index in [2.05, 4.69) is 0 Å². The van der Waals surface area contributed by atoms with Gasteiger partial charge in [-0.3, -0.25) is 28.8 Å². The van der Waals surface area contributed by atoms with Gasteiger partial charge in [0.05, 0.1) is 74.1 Å². The highest BCUT2D eigenvalue weighted by molar-refractivity contribution is 6.11. The van der Waals surface area contributed by atoms with Gasteiger partial charge in [-0.05, 0) is 72.6 Å². The monoisotopic (exact) mass is 1280 g/mol. The van der Waals surface area contributed by atoms with E-state index in [0.717, 1.165) is 0 Å². The standard InChI is InChI=1S/C70H86O22/c1-31(2)53(75)89-59-63(11)29-67(91-55(77)33(5)6)65(13,39(63)25-41(71)83-15)37-17-21-61(9)47(43(37)49(73)69(59,67)81)45(57(79)87-51(61)35-19-23-85-27-35)46-48-44-38(18-22-62(48,10)52(88-58(46)80)36-20-24-86-28-36)66(14)40(26-42(72)84-16)64(12)30-68(66,92-56(78)34(7)8)70(82,50(44)74)60(64)90-54(76)32(3)4/h19-20,23-24,27-28,31-34,37-40,51-52,59-60,73-74,81-82H,17-18,21-22,25-26,29-30H2,1-16H3/t37-,38-,39-,40-,51-,52-,59+,60+,61+,62+,63-,64-,65+,66+,67+,68+,69-,70-/m0/s1. The Balaban J connectivity index is 1.25. The molecule has 8 aliphatic carbocycles. The Hall–Kier alpha value is -7.20. The third kappa shape index (κ3) is 7.67. The van der Waals surface area contributed by atoms with Gasteiger partial charge in [0.15, 0.2) is 22.4 Å². The van der Waals surface area contributed by atoms with E-state index in [0.29, 0.717) is 11.1 Å². The number of ether oxygens (including phenoxy) is 8. The minimum atomic E-state index is -2.87. The highest BCUT2D eigenvalue weighted by Crippen LogP contribution is 2.85. The number of fused-ring (bicyclic) bond motifs is 10. The van der Waals surface area contributed by atoms with Crippen molar-refractivity contribution in [2.24, 2.45) is 79.8 Å². The molecule has 498 valence electrons. The van der Waals surface area contributed by atoms with Crippen LogP contribution in [0.3, 0.4) is 0 Å². The number of carbonyl (C=O) groups excluding carboxylic acids is 8. The molecule has 4 heterocycles.